The zero-order chi connectivity index (χ0) is 23.2. The van der Waals surface area contributed by atoms with Gasteiger partial charge in [-0.15, -0.1) is 0 Å². The van der Waals surface area contributed by atoms with E-state index in [4.69, 9.17) is 4.74 Å². The second-order valence-corrected chi connectivity index (χ2v) is 7.85. The molecule has 8 heteroatoms. The number of anilines is 2. The van der Waals surface area contributed by atoms with Crippen LogP contribution >= 0.6 is 15.9 Å². The summed E-state index contributed by atoms with van der Waals surface area (Å²) >= 11 is 3.40. The highest BCUT2D eigenvalue weighted by atomic mass is 79.9. The molecular formula is C25H21BrN4O3. The van der Waals surface area contributed by atoms with Crippen LogP contribution in [0.25, 0.3) is 5.69 Å². The van der Waals surface area contributed by atoms with Crippen molar-refractivity contribution in [1.82, 2.24) is 9.78 Å². The summed E-state index contributed by atoms with van der Waals surface area (Å²) in [5.74, 6) is 0.221. The lowest BCUT2D eigenvalue weighted by Gasteiger charge is -2.12. The topological polar surface area (TPSA) is 85.2 Å². The fourth-order valence-corrected chi connectivity index (χ4v) is 3.68. The summed E-state index contributed by atoms with van der Waals surface area (Å²) in [5, 5.41) is 10.1. The zero-order valence-electron chi connectivity index (χ0n) is 17.8. The molecular weight excluding hydrogens is 484 g/mol. The predicted octanol–water partition coefficient (Wildman–Crippen LogP) is 5.54. The smallest absolute Gasteiger partial charge is 0.261 e. The van der Waals surface area contributed by atoms with Gasteiger partial charge >= 0.3 is 0 Å². The second kappa shape index (κ2) is 10.1. The van der Waals surface area contributed by atoms with Crippen LogP contribution in [-0.2, 0) is 0 Å². The number of halogens is 1. The van der Waals surface area contributed by atoms with Crippen molar-refractivity contribution in [2.75, 3.05) is 17.2 Å². The number of ether oxygens (including phenoxy) is 1. The SMILES string of the molecule is CCOc1ccc(NC(=O)c2cnn(-c3ccccc3)c2NC(=O)c2ccccc2Br)cc1. The lowest BCUT2D eigenvalue weighted by atomic mass is 10.2. The maximum atomic E-state index is 13.1. The van der Waals surface area contributed by atoms with E-state index in [9.17, 15) is 9.59 Å². The van der Waals surface area contributed by atoms with Crippen molar-refractivity contribution in [3.8, 4) is 11.4 Å². The summed E-state index contributed by atoms with van der Waals surface area (Å²) < 4.78 is 7.62. The number of rotatable bonds is 7. The quantitative estimate of drug-likeness (QED) is 0.346. The first kappa shape index (κ1) is 22.3. The van der Waals surface area contributed by atoms with Gasteiger partial charge in [-0.2, -0.15) is 5.10 Å². The first-order chi connectivity index (χ1) is 16.1. The largest absolute Gasteiger partial charge is 0.494 e. The number of benzene rings is 3. The maximum absolute atomic E-state index is 13.1. The Labute approximate surface area is 199 Å². The summed E-state index contributed by atoms with van der Waals surface area (Å²) in [6.45, 7) is 2.47. The van der Waals surface area contributed by atoms with Gasteiger partial charge in [-0.3, -0.25) is 9.59 Å². The number of nitrogens with one attached hydrogen (secondary N) is 2. The van der Waals surface area contributed by atoms with E-state index in [2.05, 4.69) is 31.7 Å². The molecule has 0 aliphatic rings. The van der Waals surface area contributed by atoms with Crippen LogP contribution in [0.5, 0.6) is 5.75 Å². The average Bonchev–Trinajstić information content (AvgIpc) is 3.25. The molecule has 4 aromatic rings. The van der Waals surface area contributed by atoms with Crippen LogP contribution in [-0.4, -0.2) is 28.2 Å². The van der Waals surface area contributed by atoms with Crippen LogP contribution in [0.4, 0.5) is 11.5 Å². The zero-order valence-corrected chi connectivity index (χ0v) is 19.4. The van der Waals surface area contributed by atoms with Gasteiger partial charge in [0, 0.05) is 10.2 Å². The first-order valence-corrected chi connectivity index (χ1v) is 11.1. The molecule has 4 rings (SSSR count). The Kier molecular flexibility index (Phi) is 6.85. The molecule has 2 amide bonds. The Bertz CT molecular complexity index is 1270. The summed E-state index contributed by atoms with van der Waals surface area (Å²) in [7, 11) is 0. The third-order valence-corrected chi connectivity index (χ3v) is 5.48. The maximum Gasteiger partial charge on any atom is 0.261 e. The normalized spacial score (nSPS) is 10.5. The number of nitrogens with zero attached hydrogens (tertiary/aromatic N) is 2. The van der Waals surface area contributed by atoms with Gasteiger partial charge in [0.2, 0.25) is 0 Å². The third kappa shape index (κ3) is 5.12. The van der Waals surface area contributed by atoms with Crippen molar-refractivity contribution < 1.29 is 14.3 Å². The fourth-order valence-electron chi connectivity index (χ4n) is 3.22. The number of carbonyl (C=O) groups is 2. The molecule has 33 heavy (non-hydrogen) atoms. The summed E-state index contributed by atoms with van der Waals surface area (Å²) in [5.41, 5.74) is 1.98. The number of amides is 2. The van der Waals surface area contributed by atoms with Gasteiger partial charge in [0.1, 0.15) is 17.1 Å². The van der Waals surface area contributed by atoms with Crippen LogP contribution in [0.15, 0.2) is 89.5 Å². The molecule has 0 bridgehead atoms. The molecule has 0 unspecified atom stereocenters. The van der Waals surface area contributed by atoms with E-state index in [1.54, 1.807) is 42.5 Å². The minimum Gasteiger partial charge on any atom is -0.494 e. The van der Waals surface area contributed by atoms with E-state index < -0.39 is 5.91 Å². The molecule has 2 N–H and O–H groups in total. The predicted molar refractivity (Wildman–Crippen MR) is 131 cm³/mol. The van der Waals surface area contributed by atoms with Gasteiger partial charge in [0.15, 0.2) is 0 Å². The Balaban J connectivity index is 1.66. The van der Waals surface area contributed by atoms with Crippen molar-refractivity contribution in [3.63, 3.8) is 0 Å². The van der Waals surface area contributed by atoms with Crippen molar-refractivity contribution in [2.24, 2.45) is 0 Å². The molecule has 0 saturated carbocycles. The Morgan fingerprint density at radius 1 is 0.879 bits per heavy atom. The van der Waals surface area contributed by atoms with Gasteiger partial charge in [-0.05, 0) is 71.4 Å². The van der Waals surface area contributed by atoms with Gasteiger partial charge in [0.05, 0.1) is 24.1 Å². The monoisotopic (exact) mass is 504 g/mol. The average molecular weight is 505 g/mol. The lowest BCUT2D eigenvalue weighted by molar-refractivity contribution is 0.102. The van der Waals surface area contributed by atoms with Crippen LogP contribution in [0, 0.1) is 0 Å². The number of hydrogen-bond acceptors (Lipinski definition) is 4. The van der Waals surface area contributed by atoms with E-state index in [0.717, 1.165) is 0 Å². The van der Waals surface area contributed by atoms with Crippen molar-refractivity contribution >= 4 is 39.2 Å². The van der Waals surface area contributed by atoms with Crippen LogP contribution in [0.3, 0.4) is 0 Å². The molecule has 166 valence electrons. The molecule has 3 aromatic carbocycles. The number of carbonyl (C=O) groups excluding carboxylic acids is 2. The molecule has 0 atom stereocenters. The Hall–Kier alpha value is -3.91. The van der Waals surface area contributed by atoms with Gasteiger partial charge in [0.25, 0.3) is 11.8 Å². The van der Waals surface area contributed by atoms with Gasteiger partial charge in [-0.1, -0.05) is 30.3 Å². The Morgan fingerprint density at radius 2 is 1.55 bits per heavy atom. The van der Waals surface area contributed by atoms with Gasteiger partial charge < -0.3 is 15.4 Å². The van der Waals surface area contributed by atoms with Crippen molar-refractivity contribution in [2.45, 2.75) is 6.92 Å². The van der Waals surface area contributed by atoms with Crippen LogP contribution in [0.2, 0.25) is 0 Å². The van der Waals surface area contributed by atoms with Crippen molar-refractivity contribution in [3.05, 3.63) is 101 Å². The summed E-state index contributed by atoms with van der Waals surface area (Å²) in [6.07, 6.45) is 1.44. The van der Waals surface area contributed by atoms with E-state index in [1.165, 1.54) is 10.9 Å². The molecule has 0 aliphatic carbocycles. The standard InChI is InChI=1S/C25H21BrN4O3/c1-2-33-19-14-12-17(13-15-19)28-25(32)21-16-27-30(18-8-4-3-5-9-18)23(21)29-24(31)20-10-6-7-11-22(20)26/h3-16H,2H2,1H3,(H,28,32)(H,29,31). The molecule has 0 saturated heterocycles. The molecule has 1 heterocycles. The molecule has 0 aliphatic heterocycles. The number of para-hydroxylation sites is 1. The van der Waals surface area contributed by atoms with Gasteiger partial charge in [-0.25, -0.2) is 4.68 Å². The second-order valence-electron chi connectivity index (χ2n) is 7.00. The Morgan fingerprint density at radius 3 is 2.24 bits per heavy atom. The summed E-state index contributed by atoms with van der Waals surface area (Å²) in [6, 6.07) is 23.4. The molecule has 0 spiro atoms. The van der Waals surface area contributed by atoms with E-state index in [0.29, 0.717) is 33.8 Å². The van der Waals surface area contributed by atoms with E-state index >= 15 is 0 Å². The van der Waals surface area contributed by atoms with E-state index in [1.807, 2.05) is 43.3 Å². The highest BCUT2D eigenvalue weighted by Crippen LogP contribution is 2.25. The molecule has 0 radical (unpaired) electrons. The first-order valence-electron chi connectivity index (χ1n) is 10.3. The minimum absolute atomic E-state index is 0.230. The lowest BCUT2D eigenvalue weighted by Crippen LogP contribution is -2.20. The molecule has 0 fully saturated rings. The van der Waals surface area contributed by atoms with E-state index in [-0.39, 0.29) is 17.3 Å². The van der Waals surface area contributed by atoms with Crippen LogP contribution < -0.4 is 15.4 Å². The third-order valence-electron chi connectivity index (χ3n) is 4.79. The van der Waals surface area contributed by atoms with Crippen molar-refractivity contribution in [1.29, 1.82) is 0 Å². The molecule has 7 nitrogen and oxygen atoms in total. The highest BCUT2D eigenvalue weighted by Gasteiger charge is 2.22. The number of hydrogen-bond donors (Lipinski definition) is 2. The summed E-state index contributed by atoms with van der Waals surface area (Å²) in [4.78, 5) is 26.1. The molecule has 1 aromatic heterocycles. The fraction of sp³-hybridized carbons (Fsp3) is 0.0800. The highest BCUT2D eigenvalue weighted by molar-refractivity contribution is 9.10. The van der Waals surface area contributed by atoms with Crippen LogP contribution in [0.1, 0.15) is 27.6 Å². The number of aromatic nitrogens is 2. The minimum atomic E-state index is -0.399.